The third kappa shape index (κ3) is 4.08. The molecule has 1 fully saturated rings. The van der Waals surface area contributed by atoms with E-state index in [-0.39, 0.29) is 5.97 Å². The molecule has 1 aromatic carbocycles. The average molecular weight is 346 g/mol. The molecule has 0 bridgehead atoms. The summed E-state index contributed by atoms with van der Waals surface area (Å²) in [5, 5.41) is 0. The van der Waals surface area contributed by atoms with E-state index < -0.39 is 0 Å². The Hall–Kier alpha value is -1.35. The average Bonchev–Trinajstić information content (AvgIpc) is 2.56. The number of rotatable bonds is 4. The fourth-order valence-electron chi connectivity index (χ4n) is 3.96. The van der Waals surface area contributed by atoms with E-state index in [1.54, 1.807) is 0 Å². The van der Waals surface area contributed by atoms with Crippen molar-refractivity contribution in [3.8, 4) is 0 Å². The van der Waals surface area contributed by atoms with Crippen molar-refractivity contribution in [1.82, 2.24) is 0 Å². The van der Waals surface area contributed by atoms with Crippen LogP contribution < -0.4 is 0 Å². The first-order chi connectivity index (χ1) is 11.6. The topological polar surface area (TPSA) is 35.5 Å². The number of carbonyl (C=O) groups excluding carboxylic acids is 1. The van der Waals surface area contributed by atoms with Crippen LogP contribution in [0.2, 0.25) is 0 Å². The molecule has 139 valence electrons. The molecular weight excluding hydrogens is 312 g/mol. The van der Waals surface area contributed by atoms with Crippen LogP contribution in [0.4, 0.5) is 0 Å². The van der Waals surface area contributed by atoms with Crippen LogP contribution in [0.25, 0.3) is 0 Å². The molecule has 0 amide bonds. The molecule has 2 atom stereocenters. The highest BCUT2D eigenvalue weighted by Gasteiger charge is 2.34. The van der Waals surface area contributed by atoms with Crippen molar-refractivity contribution in [3.05, 3.63) is 39.5 Å². The van der Waals surface area contributed by atoms with Gasteiger partial charge in [-0.25, -0.2) is 4.79 Å². The van der Waals surface area contributed by atoms with Crippen molar-refractivity contribution in [2.45, 2.75) is 74.7 Å². The summed E-state index contributed by atoms with van der Waals surface area (Å²) in [6.45, 7) is 16.8. The number of carbonyl (C=O) groups is 1. The van der Waals surface area contributed by atoms with Gasteiger partial charge in [-0.2, -0.15) is 4.89 Å². The molecule has 1 aromatic rings. The Morgan fingerprint density at radius 3 is 1.96 bits per heavy atom. The predicted molar refractivity (Wildman–Crippen MR) is 101 cm³/mol. The smallest absolute Gasteiger partial charge is 0.292 e. The Balaban J connectivity index is 2.17. The number of benzene rings is 1. The molecule has 3 nitrogen and oxygen atoms in total. The molecule has 2 unspecified atom stereocenters. The summed E-state index contributed by atoms with van der Waals surface area (Å²) in [7, 11) is 0. The third-order valence-corrected chi connectivity index (χ3v) is 6.17. The van der Waals surface area contributed by atoms with Crippen molar-refractivity contribution < 1.29 is 14.6 Å². The molecule has 1 radical (unpaired) electrons. The van der Waals surface area contributed by atoms with Crippen LogP contribution in [0.1, 0.15) is 78.2 Å². The summed E-state index contributed by atoms with van der Waals surface area (Å²) in [4.78, 5) is 23.7. The van der Waals surface area contributed by atoms with E-state index in [4.69, 9.17) is 9.78 Å². The van der Waals surface area contributed by atoms with Gasteiger partial charge in [0, 0.05) is 0 Å². The van der Waals surface area contributed by atoms with E-state index >= 15 is 0 Å². The first kappa shape index (κ1) is 20.0. The molecular formula is C22H33O3. The molecule has 1 aliphatic rings. The zero-order valence-electron chi connectivity index (χ0n) is 17.1. The largest absolute Gasteiger partial charge is 0.373 e. The van der Waals surface area contributed by atoms with E-state index in [2.05, 4.69) is 41.5 Å². The van der Waals surface area contributed by atoms with Crippen LogP contribution in [-0.2, 0) is 9.78 Å². The van der Waals surface area contributed by atoms with Gasteiger partial charge in [-0.1, -0.05) is 27.2 Å². The molecule has 0 aliphatic heterocycles. The Morgan fingerprint density at radius 1 is 0.920 bits per heavy atom. The van der Waals surface area contributed by atoms with Crippen LogP contribution >= 0.6 is 0 Å². The maximum Gasteiger partial charge on any atom is 0.373 e. The van der Waals surface area contributed by atoms with Crippen molar-refractivity contribution in [3.63, 3.8) is 0 Å². The molecule has 0 N–H and O–H groups in total. The highest BCUT2D eigenvalue weighted by molar-refractivity contribution is 5.93. The summed E-state index contributed by atoms with van der Waals surface area (Å²) in [6, 6.07) is 0. The minimum absolute atomic E-state index is 0.368. The fraction of sp³-hybridized carbons (Fsp3) is 0.636. The van der Waals surface area contributed by atoms with Crippen LogP contribution in [-0.4, -0.2) is 5.97 Å². The van der Waals surface area contributed by atoms with Gasteiger partial charge in [0.2, 0.25) is 0 Å². The second-order valence-electron chi connectivity index (χ2n) is 8.16. The van der Waals surface area contributed by atoms with Crippen LogP contribution in [0.5, 0.6) is 0 Å². The second-order valence-corrected chi connectivity index (χ2v) is 8.16. The van der Waals surface area contributed by atoms with Gasteiger partial charge in [0.25, 0.3) is 0 Å². The molecule has 25 heavy (non-hydrogen) atoms. The first-order valence-electron chi connectivity index (χ1n) is 9.46. The minimum Gasteiger partial charge on any atom is -0.292 e. The van der Waals surface area contributed by atoms with Gasteiger partial charge in [0.15, 0.2) is 6.10 Å². The van der Waals surface area contributed by atoms with Crippen molar-refractivity contribution in [1.29, 1.82) is 0 Å². The molecule has 3 heteroatoms. The van der Waals surface area contributed by atoms with Gasteiger partial charge in [0.05, 0.1) is 5.56 Å². The van der Waals surface area contributed by atoms with Gasteiger partial charge in [0.1, 0.15) is 0 Å². The van der Waals surface area contributed by atoms with E-state index in [1.165, 1.54) is 12.0 Å². The normalized spacial score (nSPS) is 21.6. The van der Waals surface area contributed by atoms with E-state index in [9.17, 15) is 4.79 Å². The lowest BCUT2D eigenvalue weighted by Crippen LogP contribution is -2.29. The zero-order valence-corrected chi connectivity index (χ0v) is 17.1. The van der Waals surface area contributed by atoms with Crippen molar-refractivity contribution in [2.24, 2.45) is 17.8 Å². The van der Waals surface area contributed by atoms with Crippen molar-refractivity contribution in [2.75, 3.05) is 0 Å². The summed E-state index contributed by atoms with van der Waals surface area (Å²) in [6.07, 6.45) is 4.11. The maximum absolute atomic E-state index is 12.7. The lowest BCUT2D eigenvalue weighted by Gasteiger charge is -2.34. The summed E-state index contributed by atoms with van der Waals surface area (Å²) in [5.41, 5.74) is 6.14. The Labute approximate surface area is 153 Å². The number of hydrogen-bond donors (Lipinski definition) is 0. The van der Waals surface area contributed by atoms with Gasteiger partial charge in [-0.05, 0) is 93.0 Å². The quantitative estimate of drug-likeness (QED) is 0.500. The first-order valence-corrected chi connectivity index (χ1v) is 9.46. The van der Waals surface area contributed by atoms with Crippen LogP contribution in [0.3, 0.4) is 0 Å². The monoisotopic (exact) mass is 345 g/mol. The summed E-state index contributed by atoms with van der Waals surface area (Å²) < 4.78 is 0. The second kappa shape index (κ2) is 7.90. The predicted octanol–water partition coefficient (Wildman–Crippen LogP) is 5.94. The summed E-state index contributed by atoms with van der Waals surface area (Å²) in [5.74, 6) is 1.06. The third-order valence-electron chi connectivity index (χ3n) is 6.17. The summed E-state index contributed by atoms with van der Waals surface area (Å²) >= 11 is 0. The molecule has 0 heterocycles. The lowest BCUT2D eigenvalue weighted by atomic mass is 9.75. The molecule has 0 saturated heterocycles. The fourth-order valence-corrected chi connectivity index (χ4v) is 3.96. The van der Waals surface area contributed by atoms with E-state index in [0.717, 1.165) is 41.2 Å². The standard InChI is InChI=1S/C22H33O3/c1-12(2)19-10-9-13(3)11-20(19)24-25-22(23)21-17(7)15(5)14(4)16(6)18(21)8/h12-13,19H,9-11H2,1-8H3. The van der Waals surface area contributed by atoms with Gasteiger partial charge >= 0.3 is 5.97 Å². The molecule has 1 aliphatic carbocycles. The SMILES string of the molecule is Cc1c(C)c(C)c(C(=O)OO[C]2CC(C)CCC2C(C)C)c(C)c1C. The molecule has 0 spiro atoms. The Kier molecular flexibility index (Phi) is 6.31. The molecule has 0 aromatic heterocycles. The Morgan fingerprint density at radius 2 is 1.44 bits per heavy atom. The van der Waals surface area contributed by atoms with E-state index in [0.29, 0.717) is 23.3 Å². The molecule has 1 saturated carbocycles. The zero-order chi connectivity index (χ0) is 18.9. The van der Waals surface area contributed by atoms with Gasteiger partial charge in [-0.15, -0.1) is 0 Å². The Bertz CT molecular complexity index is 616. The lowest BCUT2D eigenvalue weighted by molar-refractivity contribution is -0.251. The van der Waals surface area contributed by atoms with Gasteiger partial charge in [-0.3, -0.25) is 4.89 Å². The molecule has 2 rings (SSSR count). The minimum atomic E-state index is -0.380. The highest BCUT2D eigenvalue weighted by atomic mass is 17.2. The van der Waals surface area contributed by atoms with E-state index in [1.807, 2.05) is 13.8 Å². The van der Waals surface area contributed by atoms with Crippen LogP contribution in [0, 0.1) is 58.5 Å². The highest BCUT2D eigenvalue weighted by Crippen LogP contribution is 2.40. The van der Waals surface area contributed by atoms with Crippen molar-refractivity contribution >= 4 is 5.97 Å². The van der Waals surface area contributed by atoms with Crippen LogP contribution in [0.15, 0.2) is 0 Å². The van der Waals surface area contributed by atoms with Gasteiger partial charge < -0.3 is 0 Å². The number of hydrogen-bond acceptors (Lipinski definition) is 3. The maximum atomic E-state index is 12.7.